The van der Waals surface area contributed by atoms with Crippen molar-refractivity contribution in [3.63, 3.8) is 0 Å². The van der Waals surface area contributed by atoms with Gasteiger partial charge < -0.3 is 24.7 Å². The number of fused-ring (bicyclic) bond motifs is 1. The first-order valence-corrected chi connectivity index (χ1v) is 17.4. The number of pyridine rings is 2. The first-order valence-electron chi connectivity index (χ1n) is 17.4. The molecule has 2 aliphatic heterocycles. The Morgan fingerprint density at radius 1 is 1.02 bits per heavy atom. The van der Waals surface area contributed by atoms with Gasteiger partial charge in [-0.15, -0.1) is 0 Å². The second-order valence-electron chi connectivity index (χ2n) is 13.4. The molecule has 2 fully saturated rings. The summed E-state index contributed by atoms with van der Waals surface area (Å²) in [7, 11) is 0. The highest BCUT2D eigenvalue weighted by atomic mass is 19.4. The number of likely N-dealkylation sites (tertiary alicyclic amines) is 1. The number of piperidine rings is 2. The summed E-state index contributed by atoms with van der Waals surface area (Å²) in [6, 6.07) is 12.7. The normalized spacial score (nSPS) is 17.5. The van der Waals surface area contributed by atoms with E-state index >= 15 is 0 Å². The van der Waals surface area contributed by atoms with Crippen molar-refractivity contribution in [2.75, 3.05) is 30.3 Å². The van der Waals surface area contributed by atoms with Crippen molar-refractivity contribution in [3.8, 4) is 5.75 Å². The Bertz CT molecular complexity index is 1870. The topological polar surface area (TPSA) is 130 Å². The van der Waals surface area contributed by atoms with Gasteiger partial charge in [0.25, 0.3) is 5.91 Å². The highest BCUT2D eigenvalue weighted by Gasteiger charge is 2.33. The van der Waals surface area contributed by atoms with E-state index in [-0.39, 0.29) is 29.5 Å². The molecular formula is C37H42F3N7O4. The number of nitrogens with zero attached hydrogens (tertiary/aromatic N) is 4. The average molecular weight is 706 g/mol. The number of imide groups is 1. The van der Waals surface area contributed by atoms with Crippen LogP contribution in [0.5, 0.6) is 5.75 Å². The number of aryl methyl sites for hydroxylation is 1. The highest BCUT2D eigenvalue weighted by molar-refractivity contribution is 6.04. The number of anilines is 2. The Balaban J connectivity index is 0.995. The number of alkyl halides is 3. The number of rotatable bonds is 12. The summed E-state index contributed by atoms with van der Waals surface area (Å²) in [4.78, 5) is 47.2. The van der Waals surface area contributed by atoms with Crippen LogP contribution in [-0.2, 0) is 22.2 Å². The van der Waals surface area contributed by atoms with Crippen molar-refractivity contribution in [3.05, 3.63) is 83.6 Å². The van der Waals surface area contributed by atoms with Crippen molar-refractivity contribution in [2.24, 2.45) is 0 Å². The zero-order valence-corrected chi connectivity index (χ0v) is 28.6. The number of unbranched alkanes of at least 4 members (excludes halogenated alkanes) is 1. The van der Waals surface area contributed by atoms with Crippen LogP contribution in [0.4, 0.5) is 24.5 Å². The molecule has 1 aromatic carbocycles. The number of carbonyl (C=O) groups is 3. The van der Waals surface area contributed by atoms with E-state index in [0.717, 1.165) is 75.3 Å². The van der Waals surface area contributed by atoms with Gasteiger partial charge in [-0.25, -0.2) is 9.97 Å². The van der Waals surface area contributed by atoms with Crippen LogP contribution < -0.4 is 20.7 Å². The summed E-state index contributed by atoms with van der Waals surface area (Å²) in [5.41, 5.74) is 2.52. The van der Waals surface area contributed by atoms with Crippen LogP contribution in [0.15, 0.2) is 60.9 Å². The Morgan fingerprint density at radius 3 is 2.49 bits per heavy atom. The van der Waals surface area contributed by atoms with Gasteiger partial charge in [0, 0.05) is 36.5 Å². The zero-order valence-electron chi connectivity index (χ0n) is 28.6. The largest absolute Gasteiger partial charge is 0.489 e. The van der Waals surface area contributed by atoms with Crippen LogP contribution in [0.25, 0.3) is 5.65 Å². The molecule has 14 heteroatoms. The molecule has 6 rings (SSSR count). The van der Waals surface area contributed by atoms with Crippen molar-refractivity contribution in [1.82, 2.24) is 24.6 Å². The summed E-state index contributed by atoms with van der Waals surface area (Å²) in [5, 5.41) is 8.26. The number of hydrogen-bond acceptors (Lipinski definition) is 8. The standard InChI is InChI=1S/C37H42F3N7O4/c1-23(2)51-31-20-33-43-29(21-47(33)22-30(31)44-35(49)27-7-5-8-32(42-27)37(38,39)40)25-15-18-46(19-16-25)17-4-3-6-24-9-11-26(12-10-24)41-28-13-14-34(48)45-36(28)50/h5,7-12,20-23,25,28,41H,3-4,6,13-19H2,1-2H3,(H,44,49)(H,45,48,50). The third-order valence-corrected chi connectivity index (χ3v) is 9.19. The van der Waals surface area contributed by atoms with Crippen LogP contribution >= 0.6 is 0 Å². The fourth-order valence-corrected chi connectivity index (χ4v) is 6.50. The zero-order chi connectivity index (χ0) is 36.1. The number of halogens is 3. The molecule has 270 valence electrons. The van der Waals surface area contributed by atoms with Crippen LogP contribution in [0, 0.1) is 0 Å². The molecule has 3 N–H and O–H groups in total. The van der Waals surface area contributed by atoms with E-state index in [2.05, 4.69) is 38.0 Å². The average Bonchev–Trinajstić information content (AvgIpc) is 3.51. The smallest absolute Gasteiger partial charge is 0.433 e. The van der Waals surface area contributed by atoms with Crippen LogP contribution in [0.3, 0.4) is 0 Å². The van der Waals surface area contributed by atoms with Gasteiger partial charge in [-0.2, -0.15) is 13.2 Å². The van der Waals surface area contributed by atoms with Gasteiger partial charge >= 0.3 is 6.18 Å². The van der Waals surface area contributed by atoms with E-state index in [4.69, 9.17) is 9.72 Å². The Morgan fingerprint density at radius 2 is 1.78 bits per heavy atom. The van der Waals surface area contributed by atoms with E-state index in [0.29, 0.717) is 29.9 Å². The number of amides is 3. The number of nitrogens with one attached hydrogen (secondary N) is 3. The molecule has 2 saturated heterocycles. The fraction of sp³-hybridized carbons (Fsp3) is 0.432. The van der Waals surface area contributed by atoms with E-state index in [1.54, 1.807) is 12.3 Å². The molecule has 0 spiro atoms. The maximum atomic E-state index is 13.2. The predicted molar refractivity (Wildman–Crippen MR) is 186 cm³/mol. The first kappa shape index (κ1) is 35.8. The Hall–Kier alpha value is -4.98. The van der Waals surface area contributed by atoms with Crippen LogP contribution in [0.1, 0.15) is 85.7 Å². The summed E-state index contributed by atoms with van der Waals surface area (Å²) < 4.78 is 47.3. The predicted octanol–water partition coefficient (Wildman–Crippen LogP) is 6.21. The lowest BCUT2D eigenvalue weighted by Gasteiger charge is -2.31. The second-order valence-corrected chi connectivity index (χ2v) is 13.4. The van der Waals surface area contributed by atoms with Crippen molar-refractivity contribution < 1.29 is 32.3 Å². The molecule has 0 aliphatic carbocycles. The SMILES string of the molecule is CC(C)Oc1cc2nc(C3CCN(CCCCc4ccc(NC5CCC(=O)NC5=O)cc4)CC3)cn2cc1NC(=O)c1cccc(C(F)(F)F)n1. The number of hydrogen-bond donors (Lipinski definition) is 3. The lowest BCUT2D eigenvalue weighted by molar-refractivity contribution is -0.141. The molecule has 1 atom stereocenters. The highest BCUT2D eigenvalue weighted by Crippen LogP contribution is 2.33. The van der Waals surface area contributed by atoms with E-state index in [1.165, 1.54) is 11.6 Å². The molecule has 0 bridgehead atoms. The van der Waals surface area contributed by atoms with E-state index in [1.807, 2.05) is 36.6 Å². The molecule has 4 aromatic rings. The molecule has 3 amide bonds. The minimum atomic E-state index is -4.67. The molecule has 1 unspecified atom stereocenters. The monoisotopic (exact) mass is 705 g/mol. The quantitative estimate of drug-likeness (QED) is 0.117. The van der Waals surface area contributed by atoms with Gasteiger partial charge in [-0.05, 0) is 102 Å². The van der Waals surface area contributed by atoms with Crippen molar-refractivity contribution >= 4 is 34.7 Å². The Labute approximate surface area is 294 Å². The molecule has 0 saturated carbocycles. The van der Waals surface area contributed by atoms with E-state index in [9.17, 15) is 27.6 Å². The molecule has 11 nitrogen and oxygen atoms in total. The summed E-state index contributed by atoms with van der Waals surface area (Å²) in [6.45, 7) is 6.64. The summed E-state index contributed by atoms with van der Waals surface area (Å²) >= 11 is 0. The summed E-state index contributed by atoms with van der Waals surface area (Å²) in [5.74, 6) is -0.642. The summed E-state index contributed by atoms with van der Waals surface area (Å²) in [6.07, 6.45) is 4.61. The van der Waals surface area contributed by atoms with Gasteiger partial charge in [0.2, 0.25) is 11.8 Å². The maximum Gasteiger partial charge on any atom is 0.433 e. The molecule has 3 aromatic heterocycles. The minimum Gasteiger partial charge on any atom is -0.489 e. The first-order chi connectivity index (χ1) is 24.4. The maximum absolute atomic E-state index is 13.2. The third kappa shape index (κ3) is 9.23. The third-order valence-electron chi connectivity index (χ3n) is 9.19. The number of benzene rings is 1. The molecule has 51 heavy (non-hydrogen) atoms. The second kappa shape index (κ2) is 15.5. The minimum absolute atomic E-state index is 0.219. The van der Waals surface area contributed by atoms with Crippen molar-refractivity contribution in [2.45, 2.75) is 83.0 Å². The van der Waals surface area contributed by atoms with Gasteiger partial charge in [0.15, 0.2) is 0 Å². The van der Waals surface area contributed by atoms with E-state index < -0.39 is 23.8 Å². The van der Waals surface area contributed by atoms with Crippen LogP contribution in [0.2, 0.25) is 0 Å². The Kier molecular flexibility index (Phi) is 10.9. The molecular weight excluding hydrogens is 663 g/mol. The lowest BCUT2D eigenvalue weighted by atomic mass is 9.94. The number of aromatic nitrogens is 3. The fourth-order valence-electron chi connectivity index (χ4n) is 6.50. The number of imidazole rings is 1. The van der Waals surface area contributed by atoms with Crippen molar-refractivity contribution in [1.29, 1.82) is 0 Å². The van der Waals surface area contributed by atoms with Gasteiger partial charge in [-0.3, -0.25) is 19.7 Å². The van der Waals surface area contributed by atoms with Crippen LogP contribution in [-0.4, -0.2) is 68.8 Å². The lowest BCUT2D eigenvalue weighted by Crippen LogP contribution is -2.47. The molecule has 0 radical (unpaired) electrons. The number of carbonyl (C=O) groups excluding carboxylic acids is 3. The molecule has 2 aliphatic rings. The van der Waals surface area contributed by atoms with Gasteiger partial charge in [0.05, 0.1) is 11.8 Å². The van der Waals surface area contributed by atoms with Gasteiger partial charge in [-0.1, -0.05) is 18.2 Å². The number of ether oxygens (including phenoxy) is 1. The molecule has 5 heterocycles. The van der Waals surface area contributed by atoms with Gasteiger partial charge in [0.1, 0.15) is 34.5 Å².